The third-order valence-corrected chi connectivity index (χ3v) is 4.75. The van der Waals surface area contributed by atoms with E-state index >= 15 is 0 Å². The average molecular weight is 461 g/mol. The van der Waals surface area contributed by atoms with E-state index in [1.165, 1.54) is 27.8 Å². The van der Waals surface area contributed by atoms with Crippen LogP contribution in [0.25, 0.3) is 5.69 Å². The Morgan fingerprint density at radius 3 is 2.42 bits per heavy atom. The number of nitrogens with zero attached hydrogens (tertiary/aromatic N) is 2. The van der Waals surface area contributed by atoms with Gasteiger partial charge in [-0.15, -0.1) is 0 Å². The second-order valence-electron chi connectivity index (χ2n) is 5.84. The molecule has 3 aromatic rings. The third-order valence-electron chi connectivity index (χ3n) is 4.03. The van der Waals surface area contributed by atoms with Crippen LogP contribution in [-0.4, -0.2) is 16.7 Å². The molecule has 0 atom stereocenters. The molecule has 132 valence electrons. The SMILES string of the molecule is Cc1cc(C=NNC(=O)c2ccc(F)cc2)c(C)n1-c1ccc(I)cc1. The van der Waals surface area contributed by atoms with Crippen LogP contribution >= 0.6 is 22.6 Å². The zero-order chi connectivity index (χ0) is 18.7. The van der Waals surface area contributed by atoms with E-state index in [1.807, 2.05) is 19.9 Å². The number of amides is 1. The van der Waals surface area contributed by atoms with Crippen molar-refractivity contribution in [3.05, 3.63) is 86.5 Å². The van der Waals surface area contributed by atoms with Crippen molar-refractivity contribution in [2.24, 2.45) is 5.10 Å². The molecule has 0 radical (unpaired) electrons. The van der Waals surface area contributed by atoms with Crippen LogP contribution in [0.3, 0.4) is 0 Å². The van der Waals surface area contributed by atoms with E-state index in [9.17, 15) is 9.18 Å². The van der Waals surface area contributed by atoms with Gasteiger partial charge in [0.2, 0.25) is 0 Å². The second-order valence-corrected chi connectivity index (χ2v) is 7.09. The first kappa shape index (κ1) is 18.3. The van der Waals surface area contributed by atoms with Crippen molar-refractivity contribution in [3.8, 4) is 5.69 Å². The van der Waals surface area contributed by atoms with E-state index in [0.717, 1.165) is 22.6 Å². The first-order valence-electron chi connectivity index (χ1n) is 7.99. The van der Waals surface area contributed by atoms with Crippen LogP contribution in [0.2, 0.25) is 0 Å². The van der Waals surface area contributed by atoms with E-state index in [0.29, 0.717) is 5.56 Å². The predicted molar refractivity (Wildman–Crippen MR) is 109 cm³/mol. The summed E-state index contributed by atoms with van der Waals surface area (Å²) in [4.78, 5) is 12.0. The fourth-order valence-corrected chi connectivity index (χ4v) is 3.09. The molecule has 3 rings (SSSR count). The van der Waals surface area contributed by atoms with E-state index in [-0.39, 0.29) is 11.7 Å². The highest BCUT2D eigenvalue weighted by Crippen LogP contribution is 2.20. The van der Waals surface area contributed by atoms with Gasteiger partial charge in [0.05, 0.1) is 6.21 Å². The molecule has 0 aliphatic carbocycles. The summed E-state index contributed by atoms with van der Waals surface area (Å²) in [5, 5.41) is 4.03. The lowest BCUT2D eigenvalue weighted by Gasteiger charge is -2.09. The minimum atomic E-state index is -0.382. The Balaban J connectivity index is 1.77. The first-order chi connectivity index (χ1) is 12.5. The number of aromatic nitrogens is 1. The minimum absolute atomic E-state index is 0.355. The standard InChI is InChI=1S/C20H17FIN3O/c1-13-11-16(14(2)25(13)19-9-7-18(22)8-10-19)12-23-24-20(26)15-3-5-17(21)6-4-15/h3-12H,1-2H3,(H,24,26). The maximum absolute atomic E-state index is 12.9. The van der Waals surface area contributed by atoms with Gasteiger partial charge in [-0.25, -0.2) is 9.82 Å². The van der Waals surface area contributed by atoms with Crippen LogP contribution in [0, 0.1) is 23.2 Å². The first-order valence-corrected chi connectivity index (χ1v) is 9.07. The molecule has 0 saturated heterocycles. The molecule has 0 aliphatic heterocycles. The molecule has 0 saturated carbocycles. The van der Waals surface area contributed by atoms with E-state index in [2.05, 4.69) is 62.0 Å². The largest absolute Gasteiger partial charge is 0.318 e. The maximum atomic E-state index is 12.9. The quantitative estimate of drug-likeness (QED) is 0.345. The molecule has 6 heteroatoms. The van der Waals surface area contributed by atoms with Crippen molar-refractivity contribution in [1.82, 2.24) is 9.99 Å². The number of carbonyl (C=O) groups excluding carboxylic acids is 1. The van der Waals surface area contributed by atoms with Crippen LogP contribution in [0.15, 0.2) is 59.7 Å². The summed E-state index contributed by atoms with van der Waals surface area (Å²) < 4.78 is 16.2. The van der Waals surface area contributed by atoms with Crippen molar-refractivity contribution >= 4 is 34.7 Å². The number of nitrogens with one attached hydrogen (secondary N) is 1. The van der Waals surface area contributed by atoms with E-state index in [4.69, 9.17) is 0 Å². The zero-order valence-electron chi connectivity index (χ0n) is 14.3. The molecule has 1 amide bonds. The van der Waals surface area contributed by atoms with Gasteiger partial charge >= 0.3 is 0 Å². The summed E-state index contributed by atoms with van der Waals surface area (Å²) in [6.45, 7) is 4.04. The summed E-state index contributed by atoms with van der Waals surface area (Å²) >= 11 is 2.28. The minimum Gasteiger partial charge on any atom is -0.318 e. The highest BCUT2D eigenvalue weighted by molar-refractivity contribution is 14.1. The highest BCUT2D eigenvalue weighted by atomic mass is 127. The van der Waals surface area contributed by atoms with E-state index in [1.54, 1.807) is 6.21 Å². The average Bonchev–Trinajstić information content (AvgIpc) is 2.90. The third kappa shape index (κ3) is 4.01. The number of halogens is 2. The van der Waals surface area contributed by atoms with Gasteiger partial charge < -0.3 is 4.57 Å². The van der Waals surface area contributed by atoms with Crippen molar-refractivity contribution in [2.75, 3.05) is 0 Å². The number of hydrazone groups is 1. The monoisotopic (exact) mass is 461 g/mol. The van der Waals surface area contributed by atoms with Gasteiger partial charge in [0, 0.05) is 31.8 Å². The molecule has 0 spiro atoms. The zero-order valence-corrected chi connectivity index (χ0v) is 16.5. The van der Waals surface area contributed by atoms with Crippen LogP contribution in [-0.2, 0) is 0 Å². The Kier molecular flexibility index (Phi) is 5.51. The topological polar surface area (TPSA) is 46.4 Å². The molecule has 0 aliphatic rings. The van der Waals surface area contributed by atoms with Crippen LogP contribution in [0.5, 0.6) is 0 Å². The number of hydrogen-bond donors (Lipinski definition) is 1. The molecular weight excluding hydrogens is 444 g/mol. The van der Waals surface area contributed by atoms with Crippen LogP contribution in [0.1, 0.15) is 27.3 Å². The molecular formula is C20H17FIN3O. The van der Waals surface area contributed by atoms with Crippen molar-refractivity contribution < 1.29 is 9.18 Å². The lowest BCUT2D eigenvalue weighted by atomic mass is 10.2. The molecule has 4 nitrogen and oxygen atoms in total. The Morgan fingerprint density at radius 1 is 1.12 bits per heavy atom. The van der Waals surface area contributed by atoms with Crippen molar-refractivity contribution in [2.45, 2.75) is 13.8 Å². The lowest BCUT2D eigenvalue weighted by molar-refractivity contribution is 0.0955. The number of rotatable bonds is 4. The molecule has 0 bridgehead atoms. The molecule has 0 fully saturated rings. The highest BCUT2D eigenvalue weighted by Gasteiger charge is 2.10. The molecule has 1 heterocycles. The normalized spacial score (nSPS) is 11.1. The van der Waals surface area contributed by atoms with Crippen LogP contribution in [0.4, 0.5) is 4.39 Å². The Bertz CT molecular complexity index is 960. The maximum Gasteiger partial charge on any atom is 0.271 e. The van der Waals surface area contributed by atoms with Gasteiger partial charge in [-0.05, 0) is 91.0 Å². The molecule has 2 aromatic carbocycles. The number of carbonyl (C=O) groups is 1. The molecule has 1 aromatic heterocycles. The molecule has 0 unspecified atom stereocenters. The fourth-order valence-electron chi connectivity index (χ4n) is 2.73. The van der Waals surface area contributed by atoms with Crippen LogP contribution < -0.4 is 5.43 Å². The summed E-state index contributed by atoms with van der Waals surface area (Å²) in [6.07, 6.45) is 1.62. The summed E-state index contributed by atoms with van der Waals surface area (Å²) in [6, 6.07) is 15.6. The summed E-state index contributed by atoms with van der Waals surface area (Å²) in [5.74, 6) is -0.763. The van der Waals surface area contributed by atoms with Gasteiger partial charge in [-0.2, -0.15) is 5.10 Å². The second kappa shape index (κ2) is 7.82. The Labute approximate surface area is 164 Å². The van der Waals surface area contributed by atoms with Gasteiger partial charge in [-0.3, -0.25) is 4.79 Å². The van der Waals surface area contributed by atoms with Gasteiger partial charge in [-0.1, -0.05) is 0 Å². The fraction of sp³-hybridized carbons (Fsp3) is 0.100. The predicted octanol–water partition coefficient (Wildman–Crippen LogP) is 4.60. The van der Waals surface area contributed by atoms with Crippen molar-refractivity contribution in [3.63, 3.8) is 0 Å². The van der Waals surface area contributed by atoms with Gasteiger partial charge in [0.25, 0.3) is 5.91 Å². The van der Waals surface area contributed by atoms with Gasteiger partial charge in [0.1, 0.15) is 5.82 Å². The number of aryl methyl sites for hydroxylation is 1. The van der Waals surface area contributed by atoms with Gasteiger partial charge in [0.15, 0.2) is 0 Å². The van der Waals surface area contributed by atoms with E-state index < -0.39 is 0 Å². The number of hydrogen-bond acceptors (Lipinski definition) is 2. The number of benzene rings is 2. The molecule has 26 heavy (non-hydrogen) atoms. The smallest absolute Gasteiger partial charge is 0.271 e. The molecule has 1 N–H and O–H groups in total. The summed E-state index contributed by atoms with van der Waals surface area (Å²) in [5.41, 5.74) is 6.93. The lowest BCUT2D eigenvalue weighted by Crippen LogP contribution is -2.17. The van der Waals surface area contributed by atoms with Crippen molar-refractivity contribution in [1.29, 1.82) is 0 Å². The summed E-state index contributed by atoms with van der Waals surface area (Å²) in [7, 11) is 0. The Hall–Kier alpha value is -2.48. The Morgan fingerprint density at radius 2 is 1.77 bits per heavy atom.